The fourth-order valence-electron chi connectivity index (χ4n) is 5.52. The molecule has 0 atom stereocenters. The summed E-state index contributed by atoms with van der Waals surface area (Å²) in [4.78, 5) is 29.1. The molecule has 0 radical (unpaired) electrons. The molecule has 2 amide bonds. The van der Waals surface area contributed by atoms with E-state index in [0.29, 0.717) is 25.9 Å². The maximum absolute atomic E-state index is 14.2. The van der Waals surface area contributed by atoms with Crippen LogP contribution in [0.3, 0.4) is 0 Å². The van der Waals surface area contributed by atoms with Crippen LogP contribution in [0.5, 0.6) is 0 Å². The van der Waals surface area contributed by atoms with Crippen LogP contribution in [-0.2, 0) is 15.6 Å². The van der Waals surface area contributed by atoms with Gasteiger partial charge in [0.25, 0.3) is 0 Å². The number of fused-ring (bicyclic) bond motifs is 2. The zero-order valence-electron chi connectivity index (χ0n) is 19.9. The van der Waals surface area contributed by atoms with E-state index in [-0.39, 0.29) is 11.3 Å². The molecule has 2 aliphatic heterocycles. The third-order valence-electron chi connectivity index (χ3n) is 7.30. The first-order valence-corrected chi connectivity index (χ1v) is 11.8. The maximum atomic E-state index is 14.2. The summed E-state index contributed by atoms with van der Waals surface area (Å²) in [6.45, 7) is 7.24. The molecule has 1 fully saturated rings. The molecule has 0 aromatic heterocycles. The Morgan fingerprint density at radius 1 is 0.853 bits per heavy atom. The second-order valence-corrected chi connectivity index (χ2v) is 10.4. The minimum absolute atomic E-state index is 0.0525. The monoisotopic (exact) mass is 454 g/mol. The number of benzene rings is 3. The molecule has 2 heterocycles. The van der Waals surface area contributed by atoms with E-state index < -0.39 is 11.5 Å². The minimum atomic E-state index is -0.919. The van der Waals surface area contributed by atoms with Crippen molar-refractivity contribution in [1.29, 1.82) is 0 Å². The van der Waals surface area contributed by atoms with E-state index in [1.165, 1.54) is 4.90 Å². The third kappa shape index (κ3) is 3.47. The molecule has 3 aromatic rings. The van der Waals surface area contributed by atoms with Gasteiger partial charge in [0.1, 0.15) is 0 Å². The highest BCUT2D eigenvalue weighted by atomic mass is 16.4. The van der Waals surface area contributed by atoms with Crippen LogP contribution in [0.25, 0.3) is 11.1 Å². The van der Waals surface area contributed by atoms with Gasteiger partial charge in [-0.1, -0.05) is 75.4 Å². The van der Waals surface area contributed by atoms with Crippen LogP contribution in [-0.4, -0.2) is 35.1 Å². The second-order valence-electron chi connectivity index (χ2n) is 10.4. The van der Waals surface area contributed by atoms with Gasteiger partial charge in [0, 0.05) is 18.8 Å². The van der Waals surface area contributed by atoms with Gasteiger partial charge < -0.3 is 10.0 Å². The number of carbonyl (C=O) groups is 2. The fraction of sp³-hybridized carbons (Fsp3) is 0.310. The van der Waals surface area contributed by atoms with Crippen molar-refractivity contribution in [3.05, 3.63) is 83.9 Å². The largest absolute Gasteiger partial charge is 0.465 e. The van der Waals surface area contributed by atoms with Gasteiger partial charge in [-0.15, -0.1) is 0 Å². The van der Waals surface area contributed by atoms with Crippen molar-refractivity contribution in [3.8, 4) is 11.1 Å². The molecule has 5 heteroatoms. The van der Waals surface area contributed by atoms with Crippen LogP contribution in [0.15, 0.2) is 72.8 Å². The summed E-state index contributed by atoms with van der Waals surface area (Å²) in [7, 11) is 0. The van der Waals surface area contributed by atoms with Gasteiger partial charge in [-0.25, -0.2) is 4.79 Å². The van der Waals surface area contributed by atoms with Gasteiger partial charge in [-0.3, -0.25) is 9.69 Å². The molecule has 1 N–H and O–H groups in total. The molecule has 0 unspecified atom stereocenters. The van der Waals surface area contributed by atoms with Crippen molar-refractivity contribution < 1.29 is 14.7 Å². The van der Waals surface area contributed by atoms with Crippen molar-refractivity contribution in [2.45, 2.75) is 44.4 Å². The molecule has 2 aliphatic rings. The molecule has 5 rings (SSSR count). The molecule has 0 saturated carbocycles. The van der Waals surface area contributed by atoms with Gasteiger partial charge in [0.15, 0.2) is 0 Å². The fourth-order valence-corrected chi connectivity index (χ4v) is 5.52. The molecular weight excluding hydrogens is 424 g/mol. The zero-order valence-corrected chi connectivity index (χ0v) is 19.9. The number of hydrogen-bond donors (Lipinski definition) is 1. The Bertz CT molecular complexity index is 1230. The molecule has 34 heavy (non-hydrogen) atoms. The maximum Gasteiger partial charge on any atom is 0.407 e. The number of carbonyl (C=O) groups excluding carboxylic acids is 1. The molecule has 174 valence electrons. The van der Waals surface area contributed by atoms with Crippen molar-refractivity contribution >= 4 is 23.4 Å². The third-order valence-corrected chi connectivity index (χ3v) is 7.30. The Kier molecular flexibility index (Phi) is 5.23. The predicted molar refractivity (Wildman–Crippen MR) is 135 cm³/mol. The number of amides is 2. The second kappa shape index (κ2) is 8.01. The zero-order chi connectivity index (χ0) is 24.1. The SMILES string of the molecule is CC(C)(C)c1cccc2c1C1(CCN(C(=O)O)CC1)C(=O)N2c1ccc(-c2ccccc2)cc1. The van der Waals surface area contributed by atoms with Crippen molar-refractivity contribution in [2.75, 3.05) is 18.0 Å². The molecule has 0 aliphatic carbocycles. The minimum Gasteiger partial charge on any atom is -0.465 e. The van der Waals surface area contributed by atoms with E-state index in [0.717, 1.165) is 33.6 Å². The van der Waals surface area contributed by atoms with Gasteiger partial charge in [-0.2, -0.15) is 0 Å². The van der Waals surface area contributed by atoms with Crippen LogP contribution >= 0.6 is 0 Å². The summed E-state index contributed by atoms with van der Waals surface area (Å²) < 4.78 is 0. The lowest BCUT2D eigenvalue weighted by atomic mass is 9.68. The molecule has 3 aromatic carbocycles. The number of hydrogen-bond acceptors (Lipinski definition) is 2. The molecule has 5 nitrogen and oxygen atoms in total. The van der Waals surface area contributed by atoms with Crippen LogP contribution < -0.4 is 4.90 Å². The Morgan fingerprint density at radius 2 is 1.47 bits per heavy atom. The van der Waals surface area contributed by atoms with Gasteiger partial charge in [0.05, 0.1) is 11.1 Å². The van der Waals surface area contributed by atoms with Crippen LogP contribution in [0, 0.1) is 0 Å². The molecule has 0 bridgehead atoms. The van der Waals surface area contributed by atoms with Gasteiger partial charge in [-0.05, 0) is 58.7 Å². The van der Waals surface area contributed by atoms with E-state index in [1.54, 1.807) is 0 Å². The number of anilines is 2. The summed E-state index contributed by atoms with van der Waals surface area (Å²) in [5.41, 5.74) is 5.39. The van der Waals surface area contributed by atoms with E-state index in [9.17, 15) is 14.7 Å². The smallest absolute Gasteiger partial charge is 0.407 e. The summed E-state index contributed by atoms with van der Waals surface area (Å²) in [5, 5.41) is 9.50. The first-order chi connectivity index (χ1) is 16.2. The Morgan fingerprint density at radius 3 is 2.06 bits per heavy atom. The van der Waals surface area contributed by atoms with Crippen LogP contribution in [0.4, 0.5) is 16.2 Å². The lowest BCUT2D eigenvalue weighted by molar-refractivity contribution is -0.124. The van der Waals surface area contributed by atoms with Gasteiger partial charge >= 0.3 is 6.09 Å². The Labute approximate surface area is 200 Å². The summed E-state index contributed by atoms with van der Waals surface area (Å²) in [5.74, 6) is 0.0525. The van der Waals surface area contributed by atoms with Crippen molar-refractivity contribution in [2.24, 2.45) is 0 Å². The summed E-state index contributed by atoms with van der Waals surface area (Å²) >= 11 is 0. The van der Waals surface area contributed by atoms with E-state index in [4.69, 9.17) is 0 Å². The standard InChI is InChI=1S/C29H30N2O3/c1-28(2,3)23-10-7-11-24-25(23)29(16-18-30(19-17-29)27(33)34)26(32)31(24)22-14-12-21(13-15-22)20-8-5-4-6-9-20/h4-15H,16-19H2,1-3H3,(H,33,34). The molecule has 1 saturated heterocycles. The number of rotatable bonds is 2. The molecule has 1 spiro atoms. The highest BCUT2D eigenvalue weighted by molar-refractivity contribution is 6.13. The highest BCUT2D eigenvalue weighted by Crippen LogP contribution is 2.53. The van der Waals surface area contributed by atoms with E-state index in [1.807, 2.05) is 47.4 Å². The molecular formula is C29H30N2O3. The average Bonchev–Trinajstić information content (AvgIpc) is 3.07. The Balaban J connectivity index is 1.61. The van der Waals surface area contributed by atoms with Gasteiger partial charge in [0.2, 0.25) is 5.91 Å². The number of nitrogens with zero attached hydrogens (tertiary/aromatic N) is 2. The first kappa shape index (κ1) is 22.2. The predicted octanol–water partition coefficient (Wildman–Crippen LogP) is 6.34. The average molecular weight is 455 g/mol. The van der Waals surface area contributed by atoms with E-state index >= 15 is 0 Å². The lowest BCUT2D eigenvalue weighted by Gasteiger charge is -2.39. The topological polar surface area (TPSA) is 60.9 Å². The summed E-state index contributed by atoms with van der Waals surface area (Å²) in [6.07, 6.45) is 0.0752. The van der Waals surface area contributed by atoms with E-state index in [2.05, 4.69) is 51.1 Å². The number of carboxylic acid groups (broad SMARTS) is 1. The first-order valence-electron chi connectivity index (χ1n) is 11.8. The highest BCUT2D eigenvalue weighted by Gasteiger charge is 2.54. The van der Waals surface area contributed by atoms with Crippen LogP contribution in [0.2, 0.25) is 0 Å². The Hall–Kier alpha value is -3.60. The normalized spacial score (nSPS) is 17.2. The van der Waals surface area contributed by atoms with Crippen LogP contribution in [0.1, 0.15) is 44.7 Å². The number of piperidine rings is 1. The van der Waals surface area contributed by atoms with Crippen molar-refractivity contribution in [1.82, 2.24) is 4.90 Å². The lowest BCUT2D eigenvalue weighted by Crippen LogP contribution is -2.49. The van der Waals surface area contributed by atoms with Crippen molar-refractivity contribution in [3.63, 3.8) is 0 Å². The number of likely N-dealkylation sites (tertiary alicyclic amines) is 1. The quantitative estimate of drug-likeness (QED) is 0.491. The summed E-state index contributed by atoms with van der Waals surface area (Å²) in [6, 6.07) is 24.5.